The van der Waals surface area contributed by atoms with Crippen molar-refractivity contribution in [2.45, 2.75) is 0 Å². The van der Waals surface area contributed by atoms with Crippen LogP contribution in [0.5, 0.6) is 0 Å². The number of anilines is 1. The zero-order valence-corrected chi connectivity index (χ0v) is 8.93. The van der Waals surface area contributed by atoms with Gasteiger partial charge >= 0.3 is 0 Å². The first-order valence-electron chi connectivity index (χ1n) is 4.94. The zero-order valence-electron chi connectivity index (χ0n) is 8.93. The quantitative estimate of drug-likeness (QED) is 0.822. The van der Waals surface area contributed by atoms with E-state index < -0.39 is 0 Å². The van der Waals surface area contributed by atoms with Crippen LogP contribution in [0.3, 0.4) is 0 Å². The van der Waals surface area contributed by atoms with Crippen LogP contribution in [0, 0.1) is 5.82 Å². The summed E-state index contributed by atoms with van der Waals surface area (Å²) in [4.78, 5) is 11.2. The normalized spacial score (nSPS) is 9.94. The molecule has 17 heavy (non-hydrogen) atoms. The molecule has 0 spiro atoms. The summed E-state index contributed by atoms with van der Waals surface area (Å²) in [5.41, 5.74) is 0.663. The topological polar surface area (TPSA) is 46.9 Å². The van der Waals surface area contributed by atoms with Gasteiger partial charge in [-0.05, 0) is 30.3 Å². The van der Waals surface area contributed by atoms with Crippen molar-refractivity contribution in [1.82, 2.24) is 9.78 Å². The molecule has 0 fully saturated rings. The number of nitrogens with zero attached hydrogens (tertiary/aromatic N) is 2. The van der Waals surface area contributed by atoms with Gasteiger partial charge in [-0.2, -0.15) is 5.10 Å². The molecule has 2 aromatic rings. The van der Waals surface area contributed by atoms with E-state index in [1.54, 1.807) is 24.4 Å². The summed E-state index contributed by atoms with van der Waals surface area (Å²) in [7, 11) is 0. The maximum Gasteiger partial charge on any atom is 0.248 e. The second kappa shape index (κ2) is 4.61. The Morgan fingerprint density at radius 2 is 2.06 bits per heavy atom. The standard InChI is InChI=1S/C12H10FN3O/c1-2-12(17)15-11-7-8-14-16(11)10-5-3-9(13)4-6-10/h2-8H,1H2,(H,15,17). The van der Waals surface area contributed by atoms with Crippen molar-refractivity contribution in [2.75, 3.05) is 5.32 Å². The third kappa shape index (κ3) is 2.39. The lowest BCUT2D eigenvalue weighted by Crippen LogP contribution is -2.11. The minimum Gasteiger partial charge on any atom is -0.307 e. The van der Waals surface area contributed by atoms with Gasteiger partial charge in [0.2, 0.25) is 5.91 Å². The van der Waals surface area contributed by atoms with E-state index in [2.05, 4.69) is 17.0 Å². The van der Waals surface area contributed by atoms with Crippen LogP contribution >= 0.6 is 0 Å². The van der Waals surface area contributed by atoms with Crippen LogP contribution in [0.4, 0.5) is 10.2 Å². The summed E-state index contributed by atoms with van der Waals surface area (Å²) in [6, 6.07) is 7.45. The highest BCUT2D eigenvalue weighted by Crippen LogP contribution is 2.15. The van der Waals surface area contributed by atoms with E-state index in [4.69, 9.17) is 0 Å². The molecule has 0 radical (unpaired) electrons. The van der Waals surface area contributed by atoms with Gasteiger partial charge in [0.15, 0.2) is 0 Å². The van der Waals surface area contributed by atoms with Crippen LogP contribution in [0.25, 0.3) is 5.69 Å². The first kappa shape index (κ1) is 11.1. The van der Waals surface area contributed by atoms with Gasteiger partial charge in [0.05, 0.1) is 11.9 Å². The van der Waals surface area contributed by atoms with Crippen LogP contribution in [-0.2, 0) is 4.79 Å². The summed E-state index contributed by atoms with van der Waals surface area (Å²) in [6.45, 7) is 3.36. The summed E-state index contributed by atoms with van der Waals surface area (Å²) < 4.78 is 14.3. The van der Waals surface area contributed by atoms with E-state index in [-0.39, 0.29) is 11.7 Å². The average Bonchev–Trinajstić information content (AvgIpc) is 2.78. The maximum absolute atomic E-state index is 12.8. The molecular weight excluding hydrogens is 221 g/mol. The highest BCUT2D eigenvalue weighted by Gasteiger charge is 2.06. The molecule has 1 heterocycles. The number of carbonyl (C=O) groups is 1. The molecule has 86 valence electrons. The van der Waals surface area contributed by atoms with E-state index >= 15 is 0 Å². The summed E-state index contributed by atoms with van der Waals surface area (Å²) in [5.74, 6) is -0.145. The first-order chi connectivity index (χ1) is 8.20. The lowest BCUT2D eigenvalue weighted by Gasteiger charge is -2.07. The molecule has 4 nitrogen and oxygen atoms in total. The van der Waals surface area contributed by atoms with Gasteiger partial charge in [0, 0.05) is 6.07 Å². The molecule has 0 unspecified atom stereocenters. The lowest BCUT2D eigenvalue weighted by atomic mass is 10.3. The molecule has 0 saturated heterocycles. The Labute approximate surface area is 97.4 Å². The van der Waals surface area contributed by atoms with Crippen LogP contribution in [0.2, 0.25) is 0 Å². The minimum absolute atomic E-state index is 0.322. The van der Waals surface area contributed by atoms with Crippen LogP contribution in [0.15, 0.2) is 49.2 Å². The fraction of sp³-hybridized carbons (Fsp3) is 0. The van der Waals surface area contributed by atoms with Crippen molar-refractivity contribution >= 4 is 11.7 Å². The number of hydrogen-bond donors (Lipinski definition) is 1. The monoisotopic (exact) mass is 231 g/mol. The van der Waals surface area contributed by atoms with E-state index in [9.17, 15) is 9.18 Å². The Morgan fingerprint density at radius 1 is 1.35 bits per heavy atom. The van der Waals surface area contributed by atoms with E-state index in [0.29, 0.717) is 11.5 Å². The van der Waals surface area contributed by atoms with E-state index in [0.717, 1.165) is 0 Å². The number of halogens is 1. The lowest BCUT2D eigenvalue weighted by molar-refractivity contribution is -0.111. The van der Waals surface area contributed by atoms with Gasteiger partial charge < -0.3 is 5.32 Å². The molecule has 2 rings (SSSR count). The smallest absolute Gasteiger partial charge is 0.248 e. The molecule has 1 amide bonds. The van der Waals surface area contributed by atoms with Gasteiger partial charge in [-0.15, -0.1) is 0 Å². The van der Waals surface area contributed by atoms with Gasteiger partial charge in [-0.3, -0.25) is 4.79 Å². The van der Waals surface area contributed by atoms with Gasteiger partial charge in [-0.1, -0.05) is 6.58 Å². The molecule has 0 aliphatic heterocycles. The van der Waals surface area contributed by atoms with Crippen LogP contribution in [-0.4, -0.2) is 15.7 Å². The molecule has 5 heteroatoms. The predicted octanol–water partition coefficient (Wildman–Crippen LogP) is 2.14. The van der Waals surface area contributed by atoms with Crippen molar-refractivity contribution in [3.8, 4) is 5.69 Å². The van der Waals surface area contributed by atoms with Crippen molar-refractivity contribution in [1.29, 1.82) is 0 Å². The van der Waals surface area contributed by atoms with Crippen molar-refractivity contribution in [2.24, 2.45) is 0 Å². The fourth-order valence-electron chi connectivity index (χ4n) is 1.36. The number of benzene rings is 1. The molecule has 0 aliphatic carbocycles. The SMILES string of the molecule is C=CC(=O)Nc1ccnn1-c1ccc(F)cc1. The Bertz CT molecular complexity index is 545. The number of amides is 1. The Kier molecular flexibility index (Phi) is 3.00. The van der Waals surface area contributed by atoms with Crippen molar-refractivity contribution < 1.29 is 9.18 Å². The van der Waals surface area contributed by atoms with Gasteiger partial charge in [0.1, 0.15) is 11.6 Å². The Balaban J connectivity index is 2.33. The highest BCUT2D eigenvalue weighted by molar-refractivity contribution is 5.98. The Morgan fingerprint density at radius 3 is 2.71 bits per heavy atom. The largest absolute Gasteiger partial charge is 0.307 e. The number of hydrogen-bond acceptors (Lipinski definition) is 2. The van der Waals surface area contributed by atoms with Gasteiger partial charge in [-0.25, -0.2) is 9.07 Å². The molecule has 1 aromatic carbocycles. The molecule has 1 N–H and O–H groups in total. The van der Waals surface area contributed by atoms with Crippen molar-refractivity contribution in [3.05, 3.63) is 55.0 Å². The summed E-state index contributed by atoms with van der Waals surface area (Å²) in [6.07, 6.45) is 2.71. The number of nitrogens with one attached hydrogen (secondary N) is 1. The van der Waals surface area contributed by atoms with Crippen LogP contribution in [0.1, 0.15) is 0 Å². The first-order valence-corrected chi connectivity index (χ1v) is 4.94. The highest BCUT2D eigenvalue weighted by atomic mass is 19.1. The molecule has 1 aromatic heterocycles. The fourth-order valence-corrected chi connectivity index (χ4v) is 1.36. The molecule has 0 saturated carbocycles. The van der Waals surface area contributed by atoms with Gasteiger partial charge in [0.25, 0.3) is 0 Å². The summed E-state index contributed by atoms with van der Waals surface area (Å²) in [5, 5.41) is 6.65. The third-order valence-electron chi connectivity index (χ3n) is 2.15. The van der Waals surface area contributed by atoms with E-state index in [1.165, 1.54) is 22.9 Å². The molecular formula is C12H10FN3O. The molecule has 0 bridgehead atoms. The molecule has 0 aliphatic rings. The molecule has 0 atom stereocenters. The van der Waals surface area contributed by atoms with Crippen molar-refractivity contribution in [3.63, 3.8) is 0 Å². The second-order valence-corrected chi connectivity index (χ2v) is 3.30. The van der Waals surface area contributed by atoms with Crippen LogP contribution < -0.4 is 5.32 Å². The second-order valence-electron chi connectivity index (χ2n) is 3.30. The predicted molar refractivity (Wildman–Crippen MR) is 62.3 cm³/mol. The summed E-state index contributed by atoms with van der Waals surface area (Å²) >= 11 is 0. The maximum atomic E-state index is 12.8. The van der Waals surface area contributed by atoms with E-state index in [1.807, 2.05) is 0 Å². The number of carbonyl (C=O) groups excluding carboxylic acids is 1. The number of rotatable bonds is 3. The average molecular weight is 231 g/mol. The minimum atomic E-state index is -0.325. The third-order valence-corrected chi connectivity index (χ3v) is 2.15. The Hall–Kier alpha value is -2.43. The zero-order chi connectivity index (χ0) is 12.3. The number of aromatic nitrogens is 2.